The average Bonchev–Trinajstić information content (AvgIpc) is 2.47. The third-order valence-electron chi connectivity index (χ3n) is 3.51. The van der Waals surface area contributed by atoms with Crippen LogP contribution in [0, 0.1) is 10.1 Å². The fourth-order valence-electron chi connectivity index (χ4n) is 2.31. The lowest BCUT2D eigenvalue weighted by Crippen LogP contribution is -2.42. The van der Waals surface area contributed by atoms with Crippen LogP contribution in [0.5, 0.6) is 0 Å². The van der Waals surface area contributed by atoms with Gasteiger partial charge in [0, 0.05) is 26.3 Å². The van der Waals surface area contributed by atoms with Crippen LogP contribution in [0.1, 0.15) is 12.8 Å². The minimum Gasteiger partial charge on any atom is -0.393 e. The van der Waals surface area contributed by atoms with Crippen molar-refractivity contribution in [1.82, 2.24) is 4.31 Å². The predicted molar refractivity (Wildman–Crippen MR) is 76.3 cm³/mol. The van der Waals surface area contributed by atoms with E-state index in [1.807, 2.05) is 0 Å². The predicted octanol–water partition coefficient (Wildman–Crippen LogP) is 0.977. The third kappa shape index (κ3) is 3.14. The molecule has 1 aliphatic heterocycles. The summed E-state index contributed by atoms with van der Waals surface area (Å²) in [5.74, 6) is 0. The average molecular weight is 315 g/mol. The molecule has 0 amide bonds. The summed E-state index contributed by atoms with van der Waals surface area (Å²) in [6.45, 7) is 0.622. The Morgan fingerprint density at radius 3 is 2.81 bits per heavy atom. The Hall–Kier alpha value is -1.71. The SMILES string of the molecule is COC1CCCN(S(=O)(=O)c2ccc(N)c([N+](=O)[O-])c2)C1. The van der Waals surface area contributed by atoms with Gasteiger partial charge in [-0.2, -0.15) is 4.31 Å². The molecule has 1 aliphatic rings. The molecule has 0 aromatic heterocycles. The van der Waals surface area contributed by atoms with Crippen LogP contribution in [0.3, 0.4) is 0 Å². The number of nitrogen functional groups attached to an aromatic ring is 1. The molecule has 1 atom stereocenters. The van der Waals surface area contributed by atoms with Crippen molar-refractivity contribution in [3.05, 3.63) is 28.3 Å². The number of methoxy groups -OCH3 is 1. The van der Waals surface area contributed by atoms with Crippen LogP contribution in [0.25, 0.3) is 0 Å². The highest BCUT2D eigenvalue weighted by atomic mass is 32.2. The number of nitro benzene ring substituents is 1. The summed E-state index contributed by atoms with van der Waals surface area (Å²) >= 11 is 0. The third-order valence-corrected chi connectivity index (χ3v) is 5.37. The van der Waals surface area contributed by atoms with E-state index in [1.165, 1.54) is 23.5 Å². The summed E-state index contributed by atoms with van der Waals surface area (Å²) in [4.78, 5) is 10.1. The van der Waals surface area contributed by atoms with Crippen LogP contribution in [-0.2, 0) is 14.8 Å². The zero-order valence-electron chi connectivity index (χ0n) is 11.6. The van der Waals surface area contributed by atoms with Crippen LogP contribution in [0.4, 0.5) is 11.4 Å². The van der Waals surface area contributed by atoms with Gasteiger partial charge in [-0.15, -0.1) is 0 Å². The number of piperidine rings is 1. The van der Waals surface area contributed by atoms with Crippen molar-refractivity contribution in [2.45, 2.75) is 23.8 Å². The number of rotatable bonds is 4. The van der Waals surface area contributed by atoms with Gasteiger partial charge in [-0.1, -0.05) is 0 Å². The lowest BCUT2D eigenvalue weighted by Gasteiger charge is -2.31. The Balaban J connectivity index is 2.35. The molecule has 1 aromatic carbocycles. The summed E-state index contributed by atoms with van der Waals surface area (Å²) in [6, 6.07) is 3.53. The van der Waals surface area contributed by atoms with E-state index in [4.69, 9.17) is 10.5 Å². The van der Waals surface area contributed by atoms with Gasteiger partial charge in [0.15, 0.2) is 0 Å². The van der Waals surface area contributed by atoms with Crippen molar-refractivity contribution < 1.29 is 18.1 Å². The lowest BCUT2D eigenvalue weighted by molar-refractivity contribution is -0.384. The molecule has 8 nitrogen and oxygen atoms in total. The van der Waals surface area contributed by atoms with Crippen molar-refractivity contribution >= 4 is 21.4 Å². The first-order chi connectivity index (χ1) is 9.86. The fourth-order valence-corrected chi connectivity index (χ4v) is 3.84. The monoisotopic (exact) mass is 315 g/mol. The highest BCUT2D eigenvalue weighted by molar-refractivity contribution is 7.89. The maximum Gasteiger partial charge on any atom is 0.293 e. The largest absolute Gasteiger partial charge is 0.393 e. The van der Waals surface area contributed by atoms with E-state index in [-0.39, 0.29) is 23.2 Å². The molecule has 1 saturated heterocycles. The molecule has 0 aliphatic carbocycles. The molecule has 1 heterocycles. The van der Waals surface area contributed by atoms with Gasteiger partial charge in [-0.05, 0) is 25.0 Å². The van der Waals surface area contributed by atoms with Gasteiger partial charge >= 0.3 is 0 Å². The van der Waals surface area contributed by atoms with Crippen molar-refractivity contribution in [1.29, 1.82) is 0 Å². The maximum atomic E-state index is 12.5. The van der Waals surface area contributed by atoms with E-state index in [0.29, 0.717) is 13.0 Å². The molecule has 1 aromatic rings. The zero-order valence-corrected chi connectivity index (χ0v) is 12.4. The maximum absolute atomic E-state index is 12.5. The summed E-state index contributed by atoms with van der Waals surface area (Å²) in [5, 5.41) is 10.9. The number of nitro groups is 1. The van der Waals surface area contributed by atoms with Crippen molar-refractivity contribution in [2.24, 2.45) is 0 Å². The smallest absolute Gasteiger partial charge is 0.293 e. The first-order valence-corrected chi connectivity index (χ1v) is 7.87. The van der Waals surface area contributed by atoms with Gasteiger partial charge in [-0.25, -0.2) is 8.42 Å². The summed E-state index contributed by atoms with van der Waals surface area (Å²) < 4.78 is 31.6. The molecular formula is C12H17N3O5S. The number of anilines is 1. The normalized spacial score (nSPS) is 20.3. The Morgan fingerprint density at radius 2 is 2.19 bits per heavy atom. The molecule has 0 bridgehead atoms. The second kappa shape index (κ2) is 5.96. The Morgan fingerprint density at radius 1 is 1.48 bits per heavy atom. The van der Waals surface area contributed by atoms with E-state index < -0.39 is 20.6 Å². The number of benzene rings is 1. The number of hydrogen-bond acceptors (Lipinski definition) is 6. The minimum absolute atomic E-state index is 0.0626. The molecule has 1 unspecified atom stereocenters. The Kier molecular flexibility index (Phi) is 4.45. The first kappa shape index (κ1) is 15.7. The van der Waals surface area contributed by atoms with Gasteiger partial charge in [0.1, 0.15) is 5.69 Å². The van der Waals surface area contributed by atoms with Crippen molar-refractivity contribution in [3.63, 3.8) is 0 Å². The number of nitrogens with two attached hydrogens (primary N) is 1. The Labute approximate surface area is 122 Å². The number of hydrogen-bond donors (Lipinski definition) is 1. The van der Waals surface area contributed by atoms with E-state index in [0.717, 1.165) is 12.5 Å². The van der Waals surface area contributed by atoms with Gasteiger partial charge in [-0.3, -0.25) is 10.1 Å². The Bertz CT molecular complexity index is 646. The van der Waals surface area contributed by atoms with Crippen LogP contribution < -0.4 is 5.73 Å². The highest BCUT2D eigenvalue weighted by Crippen LogP contribution is 2.28. The standard InChI is InChI=1S/C12H17N3O5S/c1-20-9-3-2-6-14(8-9)21(18,19)10-4-5-11(13)12(7-10)15(16)17/h4-5,7,9H,2-3,6,8,13H2,1H3. The number of sulfonamides is 1. The molecule has 2 rings (SSSR count). The van der Waals surface area contributed by atoms with Crippen LogP contribution in [-0.4, -0.2) is 43.9 Å². The molecule has 9 heteroatoms. The minimum atomic E-state index is -3.78. The lowest BCUT2D eigenvalue weighted by atomic mass is 10.1. The quantitative estimate of drug-likeness (QED) is 0.503. The second-order valence-corrected chi connectivity index (χ2v) is 6.78. The van der Waals surface area contributed by atoms with E-state index in [9.17, 15) is 18.5 Å². The van der Waals surface area contributed by atoms with Crippen molar-refractivity contribution in [2.75, 3.05) is 25.9 Å². The molecule has 0 radical (unpaired) electrons. The molecule has 0 spiro atoms. The van der Waals surface area contributed by atoms with Gasteiger partial charge in [0.2, 0.25) is 10.0 Å². The fraction of sp³-hybridized carbons (Fsp3) is 0.500. The number of nitrogens with zero attached hydrogens (tertiary/aromatic N) is 2. The summed E-state index contributed by atoms with van der Waals surface area (Å²) in [5.41, 5.74) is 5.02. The van der Waals surface area contributed by atoms with Gasteiger partial charge in [0.25, 0.3) is 5.69 Å². The van der Waals surface area contributed by atoms with E-state index >= 15 is 0 Å². The second-order valence-electron chi connectivity index (χ2n) is 4.84. The number of ether oxygens (including phenoxy) is 1. The summed E-state index contributed by atoms with van der Waals surface area (Å²) in [6.07, 6.45) is 1.33. The molecule has 0 saturated carbocycles. The van der Waals surface area contributed by atoms with E-state index in [1.54, 1.807) is 0 Å². The molecule has 2 N–H and O–H groups in total. The van der Waals surface area contributed by atoms with Crippen LogP contribution in [0.15, 0.2) is 23.1 Å². The van der Waals surface area contributed by atoms with Crippen molar-refractivity contribution in [3.8, 4) is 0 Å². The first-order valence-electron chi connectivity index (χ1n) is 6.43. The molecule has 116 valence electrons. The zero-order chi connectivity index (χ0) is 15.6. The van der Waals surface area contributed by atoms with E-state index in [2.05, 4.69) is 0 Å². The summed E-state index contributed by atoms with van der Waals surface area (Å²) in [7, 11) is -2.25. The molecule has 1 fully saturated rings. The highest BCUT2D eigenvalue weighted by Gasteiger charge is 2.31. The van der Waals surface area contributed by atoms with Crippen LogP contribution >= 0.6 is 0 Å². The van der Waals surface area contributed by atoms with Gasteiger partial charge < -0.3 is 10.5 Å². The topological polar surface area (TPSA) is 116 Å². The van der Waals surface area contributed by atoms with Gasteiger partial charge in [0.05, 0.1) is 15.9 Å². The van der Waals surface area contributed by atoms with Crippen LogP contribution in [0.2, 0.25) is 0 Å². The molecule has 21 heavy (non-hydrogen) atoms. The molecular weight excluding hydrogens is 298 g/mol.